The highest BCUT2D eigenvalue weighted by Crippen LogP contribution is 2.28. The predicted molar refractivity (Wildman–Crippen MR) is 120 cm³/mol. The first-order chi connectivity index (χ1) is 14.9. The second kappa shape index (κ2) is 8.97. The van der Waals surface area contributed by atoms with Gasteiger partial charge in [-0.2, -0.15) is 5.10 Å². The van der Waals surface area contributed by atoms with E-state index in [1.807, 2.05) is 23.3 Å². The number of aromatic nitrogens is 3. The van der Waals surface area contributed by atoms with Crippen molar-refractivity contribution in [3.05, 3.63) is 28.7 Å². The number of likely N-dealkylation sites (tertiary alicyclic amines) is 2. The van der Waals surface area contributed by atoms with Crippen molar-refractivity contribution < 1.29 is 9.59 Å². The van der Waals surface area contributed by atoms with E-state index in [1.165, 1.54) is 6.42 Å². The van der Waals surface area contributed by atoms with Gasteiger partial charge in [0.15, 0.2) is 5.65 Å². The lowest BCUT2D eigenvalue weighted by Crippen LogP contribution is -2.42. The molecule has 0 N–H and O–H groups in total. The molecular formula is C24H35N5O2. The number of nitrogens with zero attached hydrogens (tertiary/aromatic N) is 5. The highest BCUT2D eigenvalue weighted by atomic mass is 16.2. The van der Waals surface area contributed by atoms with Gasteiger partial charge in [-0.15, -0.1) is 0 Å². The lowest BCUT2D eigenvalue weighted by Gasteiger charge is -2.33. The molecule has 7 nitrogen and oxygen atoms in total. The summed E-state index contributed by atoms with van der Waals surface area (Å²) in [6, 6.07) is 2.41. The number of rotatable bonds is 5. The van der Waals surface area contributed by atoms with E-state index in [2.05, 4.69) is 24.8 Å². The van der Waals surface area contributed by atoms with E-state index in [0.29, 0.717) is 25.3 Å². The lowest BCUT2D eigenvalue weighted by atomic mass is 10.0. The number of carbonyl (C=O) groups is 2. The van der Waals surface area contributed by atoms with Gasteiger partial charge in [-0.1, -0.05) is 6.92 Å². The van der Waals surface area contributed by atoms with Gasteiger partial charge in [0.1, 0.15) is 0 Å². The third-order valence-electron chi connectivity index (χ3n) is 7.16. The van der Waals surface area contributed by atoms with Crippen LogP contribution in [0, 0.1) is 13.8 Å². The maximum absolute atomic E-state index is 12.8. The Hall–Kier alpha value is -2.44. The Morgan fingerprint density at radius 1 is 1.13 bits per heavy atom. The second-order valence-corrected chi connectivity index (χ2v) is 9.21. The zero-order valence-electron chi connectivity index (χ0n) is 19.4. The maximum atomic E-state index is 12.8. The Morgan fingerprint density at radius 3 is 2.68 bits per heavy atom. The van der Waals surface area contributed by atoms with Crippen molar-refractivity contribution in [1.82, 2.24) is 24.4 Å². The molecule has 0 spiro atoms. The van der Waals surface area contributed by atoms with Gasteiger partial charge in [0.25, 0.3) is 0 Å². The van der Waals surface area contributed by atoms with Gasteiger partial charge in [0.05, 0.1) is 5.69 Å². The molecule has 4 rings (SSSR count). The third-order valence-corrected chi connectivity index (χ3v) is 7.16. The van der Waals surface area contributed by atoms with Crippen molar-refractivity contribution >= 4 is 17.5 Å². The van der Waals surface area contributed by atoms with Crippen LogP contribution in [-0.4, -0.2) is 61.9 Å². The number of hydrogen-bond acceptors (Lipinski definition) is 4. The van der Waals surface area contributed by atoms with E-state index >= 15 is 0 Å². The topological polar surface area (TPSA) is 70.8 Å². The Balaban J connectivity index is 1.50. The molecule has 0 unspecified atom stereocenters. The molecule has 2 aliphatic heterocycles. The van der Waals surface area contributed by atoms with Crippen LogP contribution in [0.4, 0.5) is 0 Å². The number of carbonyl (C=O) groups excluding carboxylic acids is 2. The van der Waals surface area contributed by atoms with Crippen LogP contribution in [0.15, 0.2) is 6.07 Å². The first-order valence-corrected chi connectivity index (χ1v) is 11.8. The van der Waals surface area contributed by atoms with Gasteiger partial charge in [0.2, 0.25) is 11.8 Å². The summed E-state index contributed by atoms with van der Waals surface area (Å²) in [5.41, 5.74) is 5.02. The van der Waals surface area contributed by atoms with Gasteiger partial charge < -0.3 is 9.80 Å². The van der Waals surface area contributed by atoms with Crippen molar-refractivity contribution in [3.8, 4) is 0 Å². The van der Waals surface area contributed by atoms with Crippen LogP contribution in [0.25, 0.3) is 5.65 Å². The zero-order valence-corrected chi connectivity index (χ0v) is 19.4. The molecule has 2 saturated heterocycles. The van der Waals surface area contributed by atoms with Gasteiger partial charge in [-0.25, -0.2) is 9.50 Å². The minimum Gasteiger partial charge on any atom is -0.342 e. The highest BCUT2D eigenvalue weighted by molar-refractivity contribution is 5.77. The molecule has 0 saturated carbocycles. The number of hydrogen-bond donors (Lipinski definition) is 0. The third kappa shape index (κ3) is 4.32. The van der Waals surface area contributed by atoms with Crippen LogP contribution in [0.5, 0.6) is 0 Å². The van der Waals surface area contributed by atoms with E-state index in [1.54, 1.807) is 0 Å². The lowest BCUT2D eigenvalue weighted by molar-refractivity contribution is -0.134. The molecule has 0 radical (unpaired) electrons. The van der Waals surface area contributed by atoms with E-state index in [4.69, 9.17) is 10.1 Å². The zero-order chi connectivity index (χ0) is 22.1. The number of fused-ring (bicyclic) bond motifs is 1. The summed E-state index contributed by atoms with van der Waals surface area (Å²) in [7, 11) is 0. The molecule has 2 amide bonds. The average Bonchev–Trinajstić information content (AvgIpc) is 3.40. The quantitative estimate of drug-likeness (QED) is 0.736. The van der Waals surface area contributed by atoms with Crippen molar-refractivity contribution in [1.29, 1.82) is 0 Å². The summed E-state index contributed by atoms with van der Waals surface area (Å²) in [5.74, 6) is 0.729. The summed E-state index contributed by atoms with van der Waals surface area (Å²) < 4.78 is 1.93. The summed E-state index contributed by atoms with van der Waals surface area (Å²) >= 11 is 0. The molecule has 4 heterocycles. The molecule has 2 aromatic rings. The Bertz CT molecular complexity index is 982. The number of amides is 2. The first-order valence-electron chi connectivity index (χ1n) is 11.8. The van der Waals surface area contributed by atoms with Gasteiger partial charge >= 0.3 is 0 Å². The minimum atomic E-state index is 0.214. The fraction of sp³-hybridized carbons (Fsp3) is 0.667. The molecule has 2 atom stereocenters. The predicted octanol–water partition coefficient (Wildman–Crippen LogP) is 3.41. The first kappa shape index (κ1) is 21.8. The molecule has 0 bridgehead atoms. The molecule has 7 heteroatoms. The average molecular weight is 426 g/mol. The van der Waals surface area contributed by atoms with Crippen LogP contribution in [-0.2, 0) is 16.0 Å². The molecule has 2 fully saturated rings. The molecule has 0 aliphatic carbocycles. The molecule has 2 aromatic heterocycles. The summed E-state index contributed by atoms with van der Waals surface area (Å²) in [6.45, 7) is 10.6. The normalized spacial score (nSPS) is 21.8. The van der Waals surface area contributed by atoms with E-state index < -0.39 is 0 Å². The largest absolute Gasteiger partial charge is 0.342 e. The molecule has 168 valence electrons. The Labute approximate surface area is 184 Å². The van der Waals surface area contributed by atoms with Crippen molar-refractivity contribution in [2.75, 3.05) is 19.6 Å². The van der Waals surface area contributed by atoms with Gasteiger partial charge in [-0.05, 0) is 58.4 Å². The van der Waals surface area contributed by atoms with Crippen LogP contribution in [0.1, 0.15) is 80.9 Å². The standard InChI is InChI=1S/C24H35N5O2/c1-5-23(30)27-13-11-19(15-27)21-14-22-25-17(3)20(18(4)29(22)26-21)9-10-24(31)28-12-7-6-8-16(28)2/h14,16,19H,5-13,15H2,1-4H3/t16-,19-/m1/s1. The Morgan fingerprint density at radius 2 is 1.94 bits per heavy atom. The second-order valence-electron chi connectivity index (χ2n) is 9.21. The molecule has 0 aromatic carbocycles. The number of aryl methyl sites for hydroxylation is 2. The maximum Gasteiger partial charge on any atom is 0.223 e. The van der Waals surface area contributed by atoms with Gasteiger partial charge in [0, 0.05) is 61.9 Å². The number of piperidine rings is 1. The van der Waals surface area contributed by atoms with E-state index in [-0.39, 0.29) is 17.7 Å². The van der Waals surface area contributed by atoms with E-state index in [9.17, 15) is 9.59 Å². The van der Waals surface area contributed by atoms with Crippen molar-refractivity contribution in [2.24, 2.45) is 0 Å². The highest BCUT2D eigenvalue weighted by Gasteiger charge is 2.29. The van der Waals surface area contributed by atoms with Crippen molar-refractivity contribution in [2.45, 2.75) is 84.6 Å². The van der Waals surface area contributed by atoms with Gasteiger partial charge in [-0.3, -0.25) is 9.59 Å². The van der Waals surface area contributed by atoms with Crippen LogP contribution in [0.2, 0.25) is 0 Å². The van der Waals surface area contributed by atoms with Crippen LogP contribution < -0.4 is 0 Å². The summed E-state index contributed by atoms with van der Waals surface area (Å²) in [5, 5.41) is 4.87. The van der Waals surface area contributed by atoms with Crippen LogP contribution >= 0.6 is 0 Å². The fourth-order valence-electron chi connectivity index (χ4n) is 5.20. The van der Waals surface area contributed by atoms with Crippen molar-refractivity contribution in [3.63, 3.8) is 0 Å². The molecule has 31 heavy (non-hydrogen) atoms. The minimum absolute atomic E-state index is 0.214. The monoisotopic (exact) mass is 425 g/mol. The molecular weight excluding hydrogens is 390 g/mol. The summed E-state index contributed by atoms with van der Waals surface area (Å²) in [6.07, 6.45) is 6.15. The summed E-state index contributed by atoms with van der Waals surface area (Å²) in [4.78, 5) is 33.6. The SMILES string of the molecule is CCC(=O)N1CC[C@@H](c2cc3nc(C)c(CCC(=O)N4CCCC[C@H]4C)c(C)n3n2)C1. The smallest absolute Gasteiger partial charge is 0.223 e. The van der Waals surface area contributed by atoms with Crippen LogP contribution in [0.3, 0.4) is 0 Å². The van der Waals surface area contributed by atoms with E-state index in [0.717, 1.165) is 67.2 Å². The molecule has 2 aliphatic rings. The Kier molecular flexibility index (Phi) is 6.30. The fourth-order valence-corrected chi connectivity index (χ4v) is 5.20.